The van der Waals surface area contributed by atoms with Crippen molar-refractivity contribution in [3.63, 3.8) is 0 Å². The number of aromatic nitrogens is 1. The van der Waals surface area contributed by atoms with Crippen molar-refractivity contribution in [1.29, 1.82) is 0 Å². The second kappa shape index (κ2) is 8.32. The minimum atomic E-state index is -0.583. The molecule has 2 heterocycles. The molecule has 148 valence electrons. The lowest BCUT2D eigenvalue weighted by Gasteiger charge is -2.16. The number of benzene rings is 2. The molecule has 0 atom stereocenters. The molecule has 0 unspecified atom stereocenters. The molecule has 1 amide bonds. The number of para-hydroxylation sites is 1. The molecule has 0 aliphatic carbocycles. The molecule has 0 bridgehead atoms. The number of carbonyl (C=O) groups is 2. The molecule has 1 aromatic heterocycles. The fourth-order valence-electron chi connectivity index (χ4n) is 2.83. The predicted molar refractivity (Wildman–Crippen MR) is 110 cm³/mol. The van der Waals surface area contributed by atoms with Gasteiger partial charge in [0.05, 0.1) is 22.4 Å². The first-order valence-corrected chi connectivity index (χ1v) is 9.87. The zero-order valence-electron chi connectivity index (χ0n) is 15.6. The Morgan fingerprint density at radius 1 is 1.24 bits per heavy atom. The number of hydrogen-bond acceptors (Lipinski definition) is 7. The summed E-state index contributed by atoms with van der Waals surface area (Å²) < 4.78 is 17.0. The molecule has 0 saturated carbocycles. The molecule has 4 rings (SSSR count). The SMILES string of the molecule is CCOc1ccc2nc(NC(=O)COC(=O)C3=Cc4ccccc4OC3)sc2c1. The van der Waals surface area contributed by atoms with Crippen LogP contribution in [0.5, 0.6) is 11.5 Å². The highest BCUT2D eigenvalue weighted by molar-refractivity contribution is 7.22. The van der Waals surface area contributed by atoms with Crippen LogP contribution in [0.3, 0.4) is 0 Å². The number of anilines is 1. The predicted octanol–water partition coefficient (Wildman–Crippen LogP) is 3.65. The molecule has 0 spiro atoms. The van der Waals surface area contributed by atoms with Crippen molar-refractivity contribution in [3.8, 4) is 11.5 Å². The fourth-order valence-corrected chi connectivity index (χ4v) is 3.74. The van der Waals surface area contributed by atoms with Crippen LogP contribution in [-0.2, 0) is 14.3 Å². The van der Waals surface area contributed by atoms with Gasteiger partial charge >= 0.3 is 5.97 Å². The lowest BCUT2D eigenvalue weighted by molar-refractivity contribution is -0.143. The van der Waals surface area contributed by atoms with E-state index >= 15 is 0 Å². The average Bonchev–Trinajstić information content (AvgIpc) is 3.13. The first-order valence-electron chi connectivity index (χ1n) is 9.05. The van der Waals surface area contributed by atoms with Gasteiger partial charge in [0.2, 0.25) is 0 Å². The number of hydrogen-bond donors (Lipinski definition) is 1. The van der Waals surface area contributed by atoms with E-state index in [1.54, 1.807) is 6.08 Å². The van der Waals surface area contributed by atoms with Crippen molar-refractivity contribution in [2.75, 3.05) is 25.1 Å². The first-order chi connectivity index (χ1) is 14.1. The number of thiazole rings is 1. The Labute approximate surface area is 170 Å². The molecule has 8 heteroatoms. The van der Waals surface area contributed by atoms with E-state index in [-0.39, 0.29) is 6.61 Å². The van der Waals surface area contributed by atoms with Crippen molar-refractivity contribution in [3.05, 3.63) is 53.6 Å². The Balaban J connectivity index is 1.35. The van der Waals surface area contributed by atoms with Crippen molar-refractivity contribution in [2.24, 2.45) is 0 Å². The van der Waals surface area contributed by atoms with Gasteiger partial charge in [-0.2, -0.15) is 0 Å². The van der Waals surface area contributed by atoms with Gasteiger partial charge in [0.15, 0.2) is 11.7 Å². The average molecular weight is 410 g/mol. The largest absolute Gasteiger partial charge is 0.494 e. The summed E-state index contributed by atoms with van der Waals surface area (Å²) in [7, 11) is 0. The van der Waals surface area contributed by atoms with Crippen molar-refractivity contribution < 1.29 is 23.8 Å². The number of nitrogens with zero attached hydrogens (tertiary/aromatic N) is 1. The Morgan fingerprint density at radius 3 is 2.97 bits per heavy atom. The third kappa shape index (κ3) is 4.38. The summed E-state index contributed by atoms with van der Waals surface area (Å²) >= 11 is 1.33. The highest BCUT2D eigenvalue weighted by Crippen LogP contribution is 2.29. The maximum Gasteiger partial charge on any atom is 0.338 e. The van der Waals surface area contributed by atoms with Crippen LogP contribution in [0.1, 0.15) is 12.5 Å². The monoisotopic (exact) mass is 410 g/mol. The second-order valence-electron chi connectivity index (χ2n) is 6.20. The van der Waals surface area contributed by atoms with Crippen LogP contribution in [0.4, 0.5) is 5.13 Å². The zero-order valence-corrected chi connectivity index (χ0v) is 16.5. The summed E-state index contributed by atoms with van der Waals surface area (Å²) in [6.07, 6.45) is 1.71. The summed E-state index contributed by atoms with van der Waals surface area (Å²) in [6, 6.07) is 12.9. The van der Waals surface area contributed by atoms with Crippen LogP contribution >= 0.6 is 11.3 Å². The lowest BCUT2D eigenvalue weighted by Crippen LogP contribution is -2.23. The van der Waals surface area contributed by atoms with Gasteiger partial charge in [0.25, 0.3) is 5.91 Å². The molecule has 0 fully saturated rings. The van der Waals surface area contributed by atoms with E-state index < -0.39 is 18.5 Å². The quantitative estimate of drug-likeness (QED) is 0.624. The molecule has 1 N–H and O–H groups in total. The van der Waals surface area contributed by atoms with Crippen LogP contribution in [0, 0.1) is 0 Å². The van der Waals surface area contributed by atoms with Crippen LogP contribution < -0.4 is 14.8 Å². The highest BCUT2D eigenvalue weighted by atomic mass is 32.1. The van der Waals surface area contributed by atoms with Gasteiger partial charge in [0, 0.05) is 5.56 Å². The molecule has 29 heavy (non-hydrogen) atoms. The van der Waals surface area contributed by atoms with Gasteiger partial charge in [0.1, 0.15) is 18.1 Å². The van der Waals surface area contributed by atoms with Crippen LogP contribution in [-0.4, -0.2) is 36.7 Å². The standard InChI is InChI=1S/C21H18N2O5S/c1-2-26-15-7-8-16-18(10-15)29-21(22-16)23-19(24)12-28-20(25)14-9-13-5-3-4-6-17(13)27-11-14/h3-10H,2,11-12H2,1H3,(H,22,23,24). The third-order valence-electron chi connectivity index (χ3n) is 4.15. The number of fused-ring (bicyclic) bond motifs is 2. The molecular weight excluding hydrogens is 392 g/mol. The molecule has 1 aliphatic heterocycles. The molecule has 1 aliphatic rings. The Morgan fingerprint density at radius 2 is 2.10 bits per heavy atom. The van der Waals surface area contributed by atoms with Crippen LogP contribution in [0.25, 0.3) is 16.3 Å². The van der Waals surface area contributed by atoms with Gasteiger partial charge in [-0.05, 0) is 37.3 Å². The van der Waals surface area contributed by atoms with Gasteiger partial charge in [-0.25, -0.2) is 9.78 Å². The number of rotatable bonds is 6. The number of ether oxygens (including phenoxy) is 3. The van der Waals surface area contributed by atoms with E-state index in [4.69, 9.17) is 14.2 Å². The van der Waals surface area contributed by atoms with Gasteiger partial charge in [-0.1, -0.05) is 29.5 Å². The Kier molecular flexibility index (Phi) is 5.44. The smallest absolute Gasteiger partial charge is 0.338 e. The van der Waals surface area contributed by atoms with Crippen LogP contribution in [0.2, 0.25) is 0 Å². The maximum atomic E-state index is 12.2. The summed E-state index contributed by atoms with van der Waals surface area (Å²) in [4.78, 5) is 28.7. The van der Waals surface area contributed by atoms with Crippen LogP contribution in [0.15, 0.2) is 48.0 Å². The number of carbonyl (C=O) groups excluding carboxylic acids is 2. The van der Waals surface area contributed by atoms with Crippen molar-refractivity contribution >= 4 is 44.6 Å². The summed E-state index contributed by atoms with van der Waals surface area (Å²) in [5, 5.41) is 3.09. The van der Waals surface area contributed by atoms with E-state index in [0.29, 0.717) is 23.1 Å². The van der Waals surface area contributed by atoms with E-state index in [9.17, 15) is 9.59 Å². The third-order valence-corrected chi connectivity index (χ3v) is 5.08. The summed E-state index contributed by atoms with van der Waals surface area (Å²) in [5.74, 6) is 0.422. The first kappa shape index (κ1) is 18.9. The van der Waals surface area contributed by atoms with Crippen molar-refractivity contribution in [1.82, 2.24) is 4.98 Å². The van der Waals surface area contributed by atoms with E-state index in [0.717, 1.165) is 21.5 Å². The van der Waals surface area contributed by atoms with Gasteiger partial charge in [-0.15, -0.1) is 0 Å². The molecule has 3 aromatic rings. The Bertz CT molecular complexity index is 1110. The summed E-state index contributed by atoms with van der Waals surface area (Å²) in [5.41, 5.74) is 1.92. The molecule has 0 saturated heterocycles. The van der Waals surface area contributed by atoms with E-state index in [1.807, 2.05) is 49.4 Å². The van der Waals surface area contributed by atoms with Gasteiger partial charge < -0.3 is 14.2 Å². The number of amides is 1. The fraction of sp³-hybridized carbons (Fsp3) is 0.190. The molecule has 7 nitrogen and oxygen atoms in total. The second-order valence-corrected chi connectivity index (χ2v) is 7.23. The minimum absolute atomic E-state index is 0.109. The normalized spacial score (nSPS) is 12.5. The van der Waals surface area contributed by atoms with Gasteiger partial charge in [-0.3, -0.25) is 10.1 Å². The van der Waals surface area contributed by atoms with E-state index in [2.05, 4.69) is 10.3 Å². The Hall–Kier alpha value is -3.39. The lowest BCUT2D eigenvalue weighted by atomic mass is 10.1. The minimum Gasteiger partial charge on any atom is -0.494 e. The molecule has 0 radical (unpaired) electrons. The van der Waals surface area contributed by atoms with E-state index in [1.165, 1.54) is 11.3 Å². The molecule has 2 aromatic carbocycles. The zero-order chi connectivity index (χ0) is 20.2. The molecular formula is C21H18N2O5S. The van der Waals surface area contributed by atoms with Crippen molar-refractivity contribution in [2.45, 2.75) is 6.92 Å². The number of esters is 1. The topological polar surface area (TPSA) is 86.8 Å². The number of nitrogens with one attached hydrogen (secondary N) is 1. The summed E-state index contributed by atoms with van der Waals surface area (Å²) in [6.45, 7) is 2.19. The highest BCUT2D eigenvalue weighted by Gasteiger charge is 2.19. The maximum absolute atomic E-state index is 12.2.